The van der Waals surface area contributed by atoms with Crippen LogP contribution in [0.1, 0.15) is 23.8 Å². The van der Waals surface area contributed by atoms with Crippen molar-refractivity contribution in [3.63, 3.8) is 0 Å². The van der Waals surface area contributed by atoms with E-state index in [-0.39, 0.29) is 12.5 Å². The lowest BCUT2D eigenvalue weighted by atomic mass is 10.1. The highest BCUT2D eigenvalue weighted by atomic mass is 32.1. The molecule has 2 aliphatic rings. The highest BCUT2D eigenvalue weighted by Crippen LogP contribution is 2.23. The predicted octanol–water partition coefficient (Wildman–Crippen LogP) is 0.910. The molecule has 0 unspecified atom stereocenters. The second-order valence-corrected chi connectivity index (χ2v) is 7.86. The first-order chi connectivity index (χ1) is 13.3. The van der Waals surface area contributed by atoms with E-state index in [9.17, 15) is 4.79 Å². The quantitative estimate of drug-likeness (QED) is 0.409. The highest BCUT2D eigenvalue weighted by Gasteiger charge is 2.21. The minimum Gasteiger partial charge on any atom is -0.379 e. The molecule has 0 bridgehead atoms. The summed E-state index contributed by atoms with van der Waals surface area (Å²) >= 11 is 1.79. The number of thiophene rings is 1. The van der Waals surface area contributed by atoms with E-state index < -0.39 is 0 Å². The van der Waals surface area contributed by atoms with Gasteiger partial charge in [0.2, 0.25) is 5.91 Å². The summed E-state index contributed by atoms with van der Waals surface area (Å²) in [6.07, 6.45) is 2.01. The summed E-state index contributed by atoms with van der Waals surface area (Å²) in [6.45, 7) is 10.1. The number of carbonyl (C=O) groups is 1. The lowest BCUT2D eigenvalue weighted by Gasteiger charge is -2.27. The number of carbonyl (C=O) groups excluding carboxylic acids is 1. The van der Waals surface area contributed by atoms with Crippen LogP contribution in [0.15, 0.2) is 16.4 Å². The van der Waals surface area contributed by atoms with Crippen molar-refractivity contribution >= 4 is 23.2 Å². The van der Waals surface area contributed by atoms with Gasteiger partial charge in [-0.15, -0.1) is 11.3 Å². The zero-order valence-corrected chi connectivity index (χ0v) is 17.0. The Balaban J connectivity index is 1.40. The summed E-state index contributed by atoms with van der Waals surface area (Å²) in [6, 6.07) is 2.13. The molecule has 0 saturated carbocycles. The lowest BCUT2D eigenvalue weighted by molar-refractivity contribution is -0.130. The summed E-state index contributed by atoms with van der Waals surface area (Å²) in [5.74, 6) is 0.818. The Kier molecular flexibility index (Phi) is 7.92. The van der Waals surface area contributed by atoms with Crippen LogP contribution in [0.5, 0.6) is 0 Å². The minimum absolute atomic E-state index is 0.0948. The molecule has 0 radical (unpaired) electrons. The average Bonchev–Trinajstić information content (AvgIpc) is 3.17. The van der Waals surface area contributed by atoms with Gasteiger partial charge in [0.1, 0.15) is 6.54 Å². The molecule has 3 rings (SSSR count). The number of aliphatic imine (C=N–C) groups is 1. The Morgan fingerprint density at radius 3 is 2.96 bits per heavy atom. The predicted molar refractivity (Wildman–Crippen MR) is 109 cm³/mol. The summed E-state index contributed by atoms with van der Waals surface area (Å²) in [5.41, 5.74) is 1.29. The molecule has 1 fully saturated rings. The van der Waals surface area contributed by atoms with Crippen molar-refractivity contribution in [3.8, 4) is 0 Å². The van der Waals surface area contributed by atoms with Crippen molar-refractivity contribution in [3.05, 3.63) is 21.9 Å². The van der Waals surface area contributed by atoms with Crippen LogP contribution in [-0.4, -0.2) is 80.7 Å². The van der Waals surface area contributed by atoms with Crippen LogP contribution < -0.4 is 10.6 Å². The van der Waals surface area contributed by atoms with Crippen LogP contribution in [0, 0.1) is 0 Å². The second kappa shape index (κ2) is 10.6. The number of ether oxygens (including phenoxy) is 1. The van der Waals surface area contributed by atoms with Crippen LogP contribution in [0.25, 0.3) is 0 Å². The normalized spacial score (nSPS) is 18.3. The molecule has 27 heavy (non-hydrogen) atoms. The standard InChI is InChI=1S/C19H31N5O2S/c1-2-20-19(21-6-3-7-23-9-11-26-12-10-23)22-14-18(25)24-8-4-17-16(15-24)5-13-27-17/h5,13H,2-4,6-12,14-15H2,1H3,(H2,20,21,22). The molecule has 0 aromatic carbocycles. The van der Waals surface area contributed by atoms with E-state index in [1.165, 1.54) is 10.4 Å². The first-order valence-corrected chi connectivity index (χ1v) is 10.8. The number of guanidine groups is 1. The van der Waals surface area contributed by atoms with Gasteiger partial charge < -0.3 is 20.3 Å². The molecule has 0 atom stereocenters. The van der Waals surface area contributed by atoms with Crippen molar-refractivity contribution in [2.45, 2.75) is 26.3 Å². The molecule has 8 heteroatoms. The first kappa shape index (κ1) is 20.1. The molecular weight excluding hydrogens is 362 g/mol. The number of amides is 1. The Morgan fingerprint density at radius 1 is 1.30 bits per heavy atom. The second-order valence-electron chi connectivity index (χ2n) is 6.86. The Labute approximate surface area is 165 Å². The third-order valence-electron chi connectivity index (χ3n) is 4.92. The number of nitrogens with one attached hydrogen (secondary N) is 2. The van der Waals surface area contributed by atoms with Gasteiger partial charge in [0.15, 0.2) is 5.96 Å². The number of nitrogens with zero attached hydrogens (tertiary/aromatic N) is 3. The molecule has 7 nitrogen and oxygen atoms in total. The lowest BCUT2D eigenvalue weighted by Crippen LogP contribution is -2.42. The van der Waals surface area contributed by atoms with Gasteiger partial charge in [-0.2, -0.15) is 0 Å². The van der Waals surface area contributed by atoms with E-state index in [1.54, 1.807) is 11.3 Å². The van der Waals surface area contributed by atoms with Crippen molar-refractivity contribution in [1.29, 1.82) is 0 Å². The van der Waals surface area contributed by atoms with Crippen LogP contribution in [0.4, 0.5) is 0 Å². The van der Waals surface area contributed by atoms with Gasteiger partial charge in [-0.25, -0.2) is 4.99 Å². The summed E-state index contributed by atoms with van der Waals surface area (Å²) < 4.78 is 5.37. The maximum absolute atomic E-state index is 12.5. The number of fused-ring (bicyclic) bond motifs is 1. The molecule has 1 amide bonds. The van der Waals surface area contributed by atoms with E-state index in [0.717, 1.165) is 77.8 Å². The third kappa shape index (κ3) is 6.19. The molecule has 0 spiro atoms. The Hall–Kier alpha value is -1.64. The Bertz CT molecular complexity index is 627. The van der Waals surface area contributed by atoms with E-state index in [0.29, 0.717) is 0 Å². The third-order valence-corrected chi connectivity index (χ3v) is 5.95. The van der Waals surface area contributed by atoms with Gasteiger partial charge in [0, 0.05) is 44.1 Å². The molecule has 150 valence electrons. The summed E-state index contributed by atoms with van der Waals surface area (Å²) in [7, 11) is 0. The van der Waals surface area contributed by atoms with E-state index >= 15 is 0 Å². The SMILES string of the molecule is CCNC(=NCC(=O)N1CCc2sccc2C1)NCCCN1CCOCC1. The van der Waals surface area contributed by atoms with Crippen molar-refractivity contribution in [2.75, 3.05) is 59.0 Å². The van der Waals surface area contributed by atoms with Gasteiger partial charge >= 0.3 is 0 Å². The van der Waals surface area contributed by atoms with E-state index in [2.05, 4.69) is 32.0 Å². The van der Waals surface area contributed by atoms with Gasteiger partial charge in [0.05, 0.1) is 13.2 Å². The van der Waals surface area contributed by atoms with Gasteiger partial charge in [-0.1, -0.05) is 0 Å². The zero-order valence-electron chi connectivity index (χ0n) is 16.2. The van der Waals surface area contributed by atoms with E-state index in [4.69, 9.17) is 4.74 Å². The maximum Gasteiger partial charge on any atom is 0.244 e. The summed E-state index contributed by atoms with van der Waals surface area (Å²) in [4.78, 5) is 22.8. The van der Waals surface area contributed by atoms with Crippen LogP contribution >= 0.6 is 11.3 Å². The molecule has 0 aliphatic carbocycles. The molecule has 2 N–H and O–H groups in total. The Morgan fingerprint density at radius 2 is 2.15 bits per heavy atom. The van der Waals surface area contributed by atoms with Crippen LogP contribution in [0.2, 0.25) is 0 Å². The zero-order chi connectivity index (χ0) is 18.9. The molecular formula is C19H31N5O2S. The van der Waals surface area contributed by atoms with Gasteiger partial charge in [-0.3, -0.25) is 9.69 Å². The van der Waals surface area contributed by atoms with E-state index in [1.807, 2.05) is 11.8 Å². The minimum atomic E-state index is 0.0948. The average molecular weight is 394 g/mol. The van der Waals surface area contributed by atoms with Crippen LogP contribution in [-0.2, 0) is 22.5 Å². The molecule has 1 saturated heterocycles. The molecule has 2 aliphatic heterocycles. The first-order valence-electron chi connectivity index (χ1n) is 9.91. The maximum atomic E-state index is 12.5. The fraction of sp³-hybridized carbons (Fsp3) is 0.684. The van der Waals surface area contributed by atoms with Crippen molar-refractivity contribution in [2.24, 2.45) is 4.99 Å². The van der Waals surface area contributed by atoms with Crippen molar-refractivity contribution in [1.82, 2.24) is 20.4 Å². The smallest absolute Gasteiger partial charge is 0.244 e. The number of rotatable bonds is 7. The van der Waals surface area contributed by atoms with Gasteiger partial charge in [-0.05, 0) is 43.3 Å². The number of hydrogen-bond donors (Lipinski definition) is 2. The summed E-state index contributed by atoms with van der Waals surface area (Å²) in [5, 5.41) is 8.68. The monoisotopic (exact) mass is 393 g/mol. The van der Waals surface area contributed by atoms with Crippen LogP contribution in [0.3, 0.4) is 0 Å². The molecule has 1 aromatic rings. The topological polar surface area (TPSA) is 69.2 Å². The fourth-order valence-corrected chi connectivity index (χ4v) is 4.27. The van der Waals surface area contributed by atoms with Crippen molar-refractivity contribution < 1.29 is 9.53 Å². The molecule has 1 aromatic heterocycles. The molecule has 3 heterocycles. The fourth-order valence-electron chi connectivity index (χ4n) is 3.38. The highest BCUT2D eigenvalue weighted by molar-refractivity contribution is 7.10. The number of morpholine rings is 1. The van der Waals surface area contributed by atoms with Gasteiger partial charge in [0.25, 0.3) is 0 Å². The number of hydrogen-bond acceptors (Lipinski definition) is 5. The largest absolute Gasteiger partial charge is 0.379 e.